The molecule has 1 aliphatic carbocycles. The smallest absolute Gasteiger partial charge is 0.235 e. The Labute approximate surface area is 207 Å². The number of nitrogens with zero attached hydrogens (tertiary/aromatic N) is 4. The molecule has 1 aliphatic rings. The van der Waals surface area contributed by atoms with E-state index in [-0.39, 0.29) is 17.1 Å². The van der Waals surface area contributed by atoms with Gasteiger partial charge in [0.1, 0.15) is 11.1 Å². The van der Waals surface area contributed by atoms with Gasteiger partial charge in [-0.3, -0.25) is 4.79 Å². The predicted molar refractivity (Wildman–Crippen MR) is 135 cm³/mol. The van der Waals surface area contributed by atoms with Gasteiger partial charge in [-0.25, -0.2) is 0 Å². The fourth-order valence-corrected chi connectivity index (χ4v) is 6.25. The van der Waals surface area contributed by atoms with Gasteiger partial charge in [0.05, 0.1) is 11.3 Å². The Hall–Kier alpha value is -2.34. The molecule has 0 saturated heterocycles. The summed E-state index contributed by atoms with van der Waals surface area (Å²) in [6.45, 7) is 6.81. The summed E-state index contributed by atoms with van der Waals surface area (Å²) in [6, 6.07) is 9.72. The van der Waals surface area contributed by atoms with E-state index in [0.717, 1.165) is 30.4 Å². The largest absolute Gasteiger partial charge is 0.316 e. The average Bonchev–Trinajstić information content (AvgIpc) is 3.31. The Bertz CT molecular complexity index is 1220. The topological polar surface area (TPSA) is 83.6 Å². The van der Waals surface area contributed by atoms with Gasteiger partial charge in [0.2, 0.25) is 5.91 Å². The molecule has 6 nitrogen and oxygen atoms in total. The first-order chi connectivity index (χ1) is 15.7. The Morgan fingerprint density at radius 1 is 1.33 bits per heavy atom. The van der Waals surface area contributed by atoms with E-state index in [2.05, 4.69) is 42.4 Å². The van der Waals surface area contributed by atoms with Crippen molar-refractivity contribution in [2.75, 3.05) is 11.1 Å². The highest BCUT2D eigenvalue weighted by atomic mass is 35.5. The number of benzene rings is 1. The molecule has 1 amide bonds. The fourth-order valence-electron chi connectivity index (χ4n) is 4.12. The minimum atomic E-state index is -0.154. The molecule has 1 atom stereocenters. The second-order valence-electron chi connectivity index (χ2n) is 9.33. The molecule has 0 aliphatic heterocycles. The first-order valence-electron chi connectivity index (χ1n) is 10.8. The monoisotopic (exact) mass is 499 g/mol. The summed E-state index contributed by atoms with van der Waals surface area (Å²) in [7, 11) is 1.87. The van der Waals surface area contributed by atoms with Gasteiger partial charge in [0, 0.05) is 22.5 Å². The number of thiophene rings is 1. The summed E-state index contributed by atoms with van der Waals surface area (Å²) in [5, 5.41) is 23.2. The quantitative estimate of drug-likeness (QED) is 0.438. The highest BCUT2D eigenvalue weighted by molar-refractivity contribution is 7.99. The average molecular weight is 500 g/mol. The summed E-state index contributed by atoms with van der Waals surface area (Å²) in [6.07, 6.45) is 2.94. The molecule has 0 fully saturated rings. The zero-order valence-electron chi connectivity index (χ0n) is 19.1. The number of nitrogens with one attached hydrogen (secondary N) is 1. The third kappa shape index (κ3) is 5.11. The zero-order chi connectivity index (χ0) is 23.8. The molecule has 4 rings (SSSR count). The SMILES string of the molecule is Cn1c(SCC(=O)Nc2sc3c(c2C#N)CC[C@H](C(C)(C)C)C3)nnc1-c1ccc(Cl)cc1. The van der Waals surface area contributed by atoms with Crippen LogP contribution in [0.15, 0.2) is 29.4 Å². The standard InChI is InChI=1S/C24H26ClN5OS2/c1-24(2,3)15-7-10-17-18(12-26)22(33-19(17)11-15)27-20(31)13-32-23-29-28-21(30(23)4)14-5-8-16(25)9-6-14/h5-6,8-9,15H,7,10-11,13H2,1-4H3,(H,27,31)/t15-/m0/s1. The summed E-state index contributed by atoms with van der Waals surface area (Å²) in [5.74, 6) is 1.32. The zero-order valence-corrected chi connectivity index (χ0v) is 21.5. The van der Waals surface area contributed by atoms with E-state index in [1.807, 2.05) is 35.9 Å². The molecule has 0 unspecified atom stereocenters. The lowest BCUT2D eigenvalue weighted by Gasteiger charge is -2.33. The van der Waals surface area contributed by atoms with Gasteiger partial charge in [-0.05, 0) is 60.4 Å². The molecule has 0 bridgehead atoms. The number of halogens is 1. The second-order valence-corrected chi connectivity index (χ2v) is 11.8. The molecule has 172 valence electrons. The third-order valence-corrected chi connectivity index (χ3v) is 8.57. The molecule has 0 saturated carbocycles. The molecular formula is C24H26ClN5OS2. The molecule has 0 spiro atoms. The lowest BCUT2D eigenvalue weighted by atomic mass is 9.72. The number of hydrogen-bond donors (Lipinski definition) is 1. The van der Waals surface area contributed by atoms with Gasteiger partial charge in [-0.15, -0.1) is 21.5 Å². The van der Waals surface area contributed by atoms with E-state index in [4.69, 9.17) is 11.6 Å². The van der Waals surface area contributed by atoms with E-state index in [9.17, 15) is 10.1 Å². The van der Waals surface area contributed by atoms with Crippen LogP contribution in [0.1, 0.15) is 43.2 Å². The van der Waals surface area contributed by atoms with Crippen LogP contribution < -0.4 is 5.32 Å². The van der Waals surface area contributed by atoms with Crippen LogP contribution in [0.5, 0.6) is 0 Å². The van der Waals surface area contributed by atoms with Gasteiger partial charge >= 0.3 is 0 Å². The molecule has 1 N–H and O–H groups in total. The van der Waals surface area contributed by atoms with Gasteiger partial charge < -0.3 is 9.88 Å². The molecule has 33 heavy (non-hydrogen) atoms. The van der Waals surface area contributed by atoms with Crippen molar-refractivity contribution in [2.24, 2.45) is 18.4 Å². The molecule has 3 aromatic rings. The van der Waals surface area contributed by atoms with Crippen molar-refractivity contribution in [3.63, 3.8) is 0 Å². The Morgan fingerprint density at radius 2 is 2.06 bits per heavy atom. The Kier molecular flexibility index (Phi) is 6.85. The lowest BCUT2D eigenvalue weighted by Crippen LogP contribution is -2.26. The first kappa shape index (κ1) is 23.8. The number of fused-ring (bicyclic) bond motifs is 1. The summed E-state index contributed by atoms with van der Waals surface area (Å²) < 4.78 is 1.86. The van der Waals surface area contributed by atoms with Crippen LogP contribution in [0.2, 0.25) is 5.02 Å². The first-order valence-corrected chi connectivity index (χ1v) is 13.0. The van der Waals surface area contributed by atoms with Crippen LogP contribution in [0.4, 0.5) is 5.00 Å². The van der Waals surface area contributed by atoms with E-state index in [0.29, 0.717) is 32.5 Å². The van der Waals surface area contributed by atoms with Crippen LogP contribution in [0.25, 0.3) is 11.4 Å². The van der Waals surface area contributed by atoms with Crippen molar-refractivity contribution < 1.29 is 4.79 Å². The van der Waals surface area contributed by atoms with Crippen molar-refractivity contribution in [1.82, 2.24) is 14.8 Å². The maximum Gasteiger partial charge on any atom is 0.235 e. The minimum Gasteiger partial charge on any atom is -0.316 e. The predicted octanol–water partition coefficient (Wildman–Crippen LogP) is 5.95. The highest BCUT2D eigenvalue weighted by Gasteiger charge is 2.32. The number of anilines is 1. The number of aromatic nitrogens is 3. The van der Waals surface area contributed by atoms with Crippen molar-refractivity contribution >= 4 is 45.6 Å². The van der Waals surface area contributed by atoms with Crippen LogP contribution in [-0.4, -0.2) is 26.4 Å². The van der Waals surface area contributed by atoms with Crippen molar-refractivity contribution in [2.45, 2.75) is 45.2 Å². The second kappa shape index (κ2) is 9.49. The van der Waals surface area contributed by atoms with E-state index < -0.39 is 0 Å². The number of hydrogen-bond acceptors (Lipinski definition) is 6. The molecule has 2 heterocycles. The van der Waals surface area contributed by atoms with E-state index in [1.165, 1.54) is 16.6 Å². The Balaban J connectivity index is 1.43. The van der Waals surface area contributed by atoms with Crippen LogP contribution >= 0.6 is 34.7 Å². The number of nitriles is 1. The van der Waals surface area contributed by atoms with Gasteiger partial charge in [0.15, 0.2) is 11.0 Å². The van der Waals surface area contributed by atoms with Gasteiger partial charge in [0.25, 0.3) is 0 Å². The number of carbonyl (C=O) groups excluding carboxylic acids is 1. The lowest BCUT2D eigenvalue weighted by molar-refractivity contribution is -0.113. The molecule has 1 aromatic carbocycles. The Morgan fingerprint density at radius 3 is 2.73 bits per heavy atom. The summed E-state index contributed by atoms with van der Waals surface area (Å²) in [4.78, 5) is 13.9. The maximum atomic E-state index is 12.7. The van der Waals surface area contributed by atoms with Crippen molar-refractivity contribution in [3.8, 4) is 17.5 Å². The fraction of sp³-hybridized carbons (Fsp3) is 0.417. The van der Waals surface area contributed by atoms with E-state index >= 15 is 0 Å². The number of carbonyl (C=O) groups is 1. The number of thioether (sulfide) groups is 1. The molecule has 9 heteroatoms. The van der Waals surface area contributed by atoms with E-state index in [1.54, 1.807) is 11.3 Å². The minimum absolute atomic E-state index is 0.154. The summed E-state index contributed by atoms with van der Waals surface area (Å²) >= 11 is 8.84. The van der Waals surface area contributed by atoms with Crippen LogP contribution in [0, 0.1) is 22.7 Å². The number of rotatable bonds is 5. The normalized spacial score (nSPS) is 15.7. The maximum absolute atomic E-state index is 12.7. The molecule has 2 aromatic heterocycles. The highest BCUT2D eigenvalue weighted by Crippen LogP contribution is 2.44. The van der Waals surface area contributed by atoms with Crippen LogP contribution in [-0.2, 0) is 24.7 Å². The molecule has 0 radical (unpaired) electrons. The number of amides is 1. The van der Waals surface area contributed by atoms with Crippen molar-refractivity contribution in [1.29, 1.82) is 5.26 Å². The summed E-state index contributed by atoms with van der Waals surface area (Å²) in [5.41, 5.74) is 2.88. The van der Waals surface area contributed by atoms with Crippen LogP contribution in [0.3, 0.4) is 0 Å². The van der Waals surface area contributed by atoms with Crippen molar-refractivity contribution in [3.05, 3.63) is 45.3 Å². The van der Waals surface area contributed by atoms with Gasteiger partial charge in [-0.1, -0.05) is 44.1 Å². The van der Waals surface area contributed by atoms with Gasteiger partial charge in [-0.2, -0.15) is 5.26 Å². The molecular weight excluding hydrogens is 474 g/mol. The third-order valence-electron chi connectivity index (χ3n) is 6.12.